The van der Waals surface area contributed by atoms with Crippen LogP contribution < -0.4 is 14.5 Å². The van der Waals surface area contributed by atoms with Gasteiger partial charge in [0.05, 0.1) is 30.8 Å². The number of fused-ring (bicyclic) bond motifs is 2. The number of likely N-dealkylation sites (tertiary alicyclic amines) is 1. The summed E-state index contributed by atoms with van der Waals surface area (Å²) < 4.78 is 6.29. The van der Waals surface area contributed by atoms with Crippen LogP contribution in [0.25, 0.3) is 10.8 Å². The second kappa shape index (κ2) is 12.3. The molecule has 0 saturated carbocycles. The largest absolute Gasteiger partial charge is 0.462 e. The highest BCUT2D eigenvalue weighted by molar-refractivity contribution is 5.94. The van der Waals surface area contributed by atoms with Gasteiger partial charge in [-0.05, 0) is 57.2 Å². The van der Waals surface area contributed by atoms with Crippen LogP contribution in [0.15, 0.2) is 42.5 Å². The van der Waals surface area contributed by atoms with Gasteiger partial charge in [0.2, 0.25) is 0 Å². The molecule has 0 spiro atoms. The molecule has 4 heterocycles. The van der Waals surface area contributed by atoms with E-state index in [4.69, 9.17) is 14.7 Å². The molecule has 0 bridgehead atoms. The predicted octanol–water partition coefficient (Wildman–Crippen LogP) is 3.62. The van der Waals surface area contributed by atoms with Gasteiger partial charge in [-0.1, -0.05) is 42.3 Å². The van der Waals surface area contributed by atoms with Gasteiger partial charge >= 0.3 is 6.01 Å². The van der Waals surface area contributed by atoms with Crippen molar-refractivity contribution in [1.29, 1.82) is 5.26 Å². The number of aromatic nitrogens is 2. The number of carbonyl (C=O) groups excluding carboxylic acids is 1. The van der Waals surface area contributed by atoms with Gasteiger partial charge in [0, 0.05) is 48.9 Å². The summed E-state index contributed by atoms with van der Waals surface area (Å²) in [6.45, 7) is 6.41. The number of likely N-dealkylation sites (N-methyl/N-ethyl adjacent to an activating group) is 1. The first-order chi connectivity index (χ1) is 20.6. The lowest BCUT2D eigenvalue weighted by Crippen LogP contribution is -2.55. The molecule has 216 valence electrons. The molecular weight excluding hydrogens is 526 g/mol. The molecule has 42 heavy (non-hydrogen) atoms. The molecular formula is C33H37N7O2. The van der Waals surface area contributed by atoms with E-state index in [1.807, 2.05) is 0 Å². The maximum Gasteiger partial charge on any atom is 0.318 e. The maximum atomic E-state index is 12.7. The van der Waals surface area contributed by atoms with Gasteiger partial charge < -0.3 is 24.3 Å². The van der Waals surface area contributed by atoms with Crippen molar-refractivity contribution >= 4 is 28.2 Å². The number of piperazine rings is 1. The van der Waals surface area contributed by atoms with Crippen LogP contribution in [0.4, 0.5) is 11.5 Å². The van der Waals surface area contributed by atoms with E-state index in [9.17, 15) is 10.1 Å². The van der Waals surface area contributed by atoms with Crippen LogP contribution >= 0.6 is 0 Å². The molecule has 9 heteroatoms. The summed E-state index contributed by atoms with van der Waals surface area (Å²) >= 11 is 0. The van der Waals surface area contributed by atoms with Gasteiger partial charge in [-0.25, -0.2) is 0 Å². The lowest BCUT2D eigenvalue weighted by atomic mass is 10.0. The van der Waals surface area contributed by atoms with Crippen molar-refractivity contribution in [3.05, 3.63) is 53.7 Å². The van der Waals surface area contributed by atoms with Crippen molar-refractivity contribution in [2.24, 2.45) is 0 Å². The third-order valence-electron chi connectivity index (χ3n) is 8.81. The Kier molecular flexibility index (Phi) is 8.12. The third-order valence-corrected chi connectivity index (χ3v) is 8.81. The Morgan fingerprint density at radius 1 is 1.05 bits per heavy atom. The zero-order valence-electron chi connectivity index (χ0n) is 24.4. The highest BCUT2D eigenvalue weighted by Crippen LogP contribution is 2.35. The van der Waals surface area contributed by atoms with Gasteiger partial charge in [-0.2, -0.15) is 15.2 Å². The number of rotatable bonds is 6. The zero-order chi connectivity index (χ0) is 29.1. The molecule has 1 amide bonds. The monoisotopic (exact) mass is 563 g/mol. The van der Waals surface area contributed by atoms with Gasteiger partial charge in [0.25, 0.3) is 5.91 Å². The second-order valence-electron chi connectivity index (χ2n) is 11.3. The maximum absolute atomic E-state index is 12.7. The van der Waals surface area contributed by atoms with Crippen LogP contribution in [0.1, 0.15) is 37.4 Å². The molecule has 3 aliphatic heterocycles. The van der Waals surface area contributed by atoms with Crippen molar-refractivity contribution in [2.45, 2.75) is 51.2 Å². The molecule has 2 aromatic carbocycles. The smallest absolute Gasteiger partial charge is 0.318 e. The first-order valence-electron chi connectivity index (χ1n) is 14.9. The Bertz CT molecular complexity index is 1570. The molecule has 2 fully saturated rings. The average molecular weight is 564 g/mol. The Labute approximate surface area is 247 Å². The predicted molar refractivity (Wildman–Crippen MR) is 163 cm³/mol. The van der Waals surface area contributed by atoms with Crippen molar-refractivity contribution in [1.82, 2.24) is 19.8 Å². The number of hydrogen-bond acceptors (Lipinski definition) is 8. The molecule has 0 radical (unpaired) electrons. The minimum Gasteiger partial charge on any atom is -0.462 e. The number of amides is 1. The quantitative estimate of drug-likeness (QED) is 0.421. The SMILES string of the molecule is CC#CC(=O)N1CCN(c2nc(OC[C@@H]3CCCN3C)nc3c2CCN(c2cccc4ccccc24)C3)CC1CC#N. The van der Waals surface area contributed by atoms with E-state index in [0.29, 0.717) is 44.8 Å². The number of ether oxygens (including phenoxy) is 1. The van der Waals surface area contributed by atoms with Crippen LogP contribution in [-0.2, 0) is 17.8 Å². The highest BCUT2D eigenvalue weighted by atomic mass is 16.5. The lowest BCUT2D eigenvalue weighted by Gasteiger charge is -2.41. The first-order valence-corrected chi connectivity index (χ1v) is 14.9. The summed E-state index contributed by atoms with van der Waals surface area (Å²) in [5, 5.41) is 12.0. The molecule has 3 aliphatic rings. The summed E-state index contributed by atoms with van der Waals surface area (Å²) in [6, 6.07) is 17.7. The topological polar surface area (TPSA) is 88.8 Å². The minimum absolute atomic E-state index is 0.224. The van der Waals surface area contributed by atoms with Crippen LogP contribution in [-0.4, -0.2) is 84.1 Å². The fourth-order valence-corrected chi connectivity index (χ4v) is 6.54. The van der Waals surface area contributed by atoms with E-state index in [1.54, 1.807) is 11.8 Å². The van der Waals surface area contributed by atoms with E-state index in [0.717, 1.165) is 43.0 Å². The lowest BCUT2D eigenvalue weighted by molar-refractivity contribution is -0.127. The number of carbonyl (C=O) groups is 1. The van der Waals surface area contributed by atoms with Gasteiger partial charge in [-0.15, -0.1) is 0 Å². The normalized spacial score (nSPS) is 20.5. The molecule has 2 saturated heterocycles. The molecule has 0 N–H and O–H groups in total. The molecule has 6 rings (SSSR count). The van der Waals surface area contributed by atoms with Crippen LogP contribution in [0.5, 0.6) is 6.01 Å². The summed E-state index contributed by atoms with van der Waals surface area (Å²) in [5.74, 6) is 6.00. The average Bonchev–Trinajstić information content (AvgIpc) is 3.43. The fraction of sp³-hybridized carbons (Fsp3) is 0.455. The first kappa shape index (κ1) is 27.8. The Balaban J connectivity index is 1.32. The van der Waals surface area contributed by atoms with Crippen molar-refractivity contribution < 1.29 is 9.53 Å². The van der Waals surface area contributed by atoms with E-state index >= 15 is 0 Å². The van der Waals surface area contributed by atoms with E-state index in [-0.39, 0.29) is 18.4 Å². The number of hydrogen-bond donors (Lipinski definition) is 0. The van der Waals surface area contributed by atoms with Crippen LogP contribution in [0, 0.1) is 23.2 Å². The van der Waals surface area contributed by atoms with Crippen molar-refractivity contribution in [3.63, 3.8) is 0 Å². The third kappa shape index (κ3) is 5.57. The fourth-order valence-electron chi connectivity index (χ4n) is 6.54. The number of anilines is 2. The van der Waals surface area contributed by atoms with Crippen molar-refractivity contribution in [3.8, 4) is 23.9 Å². The molecule has 1 aromatic heterocycles. The van der Waals surface area contributed by atoms with E-state index in [2.05, 4.69) is 82.1 Å². The zero-order valence-corrected chi connectivity index (χ0v) is 24.4. The van der Waals surface area contributed by atoms with E-state index < -0.39 is 0 Å². The van der Waals surface area contributed by atoms with Crippen LogP contribution in [0.3, 0.4) is 0 Å². The Morgan fingerprint density at radius 2 is 1.90 bits per heavy atom. The summed E-state index contributed by atoms with van der Waals surface area (Å²) in [7, 11) is 2.14. The molecule has 1 unspecified atom stereocenters. The van der Waals surface area contributed by atoms with Gasteiger partial charge in [0.15, 0.2) is 0 Å². The molecule has 3 aromatic rings. The van der Waals surface area contributed by atoms with E-state index in [1.165, 1.54) is 22.9 Å². The highest BCUT2D eigenvalue weighted by Gasteiger charge is 2.34. The Morgan fingerprint density at radius 3 is 2.71 bits per heavy atom. The summed E-state index contributed by atoms with van der Waals surface area (Å²) in [5.41, 5.74) is 3.30. The summed E-state index contributed by atoms with van der Waals surface area (Å²) in [4.78, 5) is 31.3. The number of benzene rings is 2. The molecule has 2 atom stereocenters. The minimum atomic E-state index is -0.255. The Hall–Kier alpha value is -4.34. The van der Waals surface area contributed by atoms with Crippen LogP contribution in [0.2, 0.25) is 0 Å². The standard InChI is InChI=1S/C33H37N7O2/c1-3-8-31(41)40-20-19-39(21-25(40)14-16-34)32-28-15-18-38(30-13-6-10-24-9-4-5-12-27(24)30)22-29(28)35-33(36-32)42-23-26-11-7-17-37(26)2/h4-6,9-10,12-13,25-26H,7,11,14-15,17-23H2,1-2H3/t25?,26-/m0/s1. The second-order valence-corrected chi connectivity index (χ2v) is 11.3. The van der Waals surface area contributed by atoms with Crippen molar-refractivity contribution in [2.75, 3.05) is 56.2 Å². The number of nitriles is 1. The molecule has 9 nitrogen and oxygen atoms in total. The number of nitrogens with zero attached hydrogens (tertiary/aromatic N) is 7. The molecule has 0 aliphatic carbocycles. The van der Waals surface area contributed by atoms with Gasteiger partial charge in [0.1, 0.15) is 12.4 Å². The summed E-state index contributed by atoms with van der Waals surface area (Å²) in [6.07, 6.45) is 3.32. The van der Waals surface area contributed by atoms with Gasteiger partial charge in [-0.3, -0.25) is 4.79 Å².